The topological polar surface area (TPSA) is 112 Å². The number of hydrogen-bond acceptors (Lipinski definition) is 5. The van der Waals surface area contributed by atoms with Gasteiger partial charge >= 0.3 is 6.09 Å². The van der Waals surface area contributed by atoms with Crippen molar-refractivity contribution in [3.05, 3.63) is 53.3 Å². The molecule has 9 heteroatoms. The number of rotatable bonds is 5. The van der Waals surface area contributed by atoms with Crippen LogP contribution in [0.25, 0.3) is 11.1 Å². The number of halogens is 1. The second kappa shape index (κ2) is 9.33. The molecular formula is C31H33FN4O4. The lowest BCUT2D eigenvalue weighted by Gasteiger charge is -2.35. The number of nitriles is 1. The SMILES string of the molecule is CC1C2C1[C@@H]1C[C@H]2[C@@H](C(=O)N[C@H](C#N)Cc2ccc(-c3ccc4c(c3)CC(=O)N4)cc2F)N1C(=O)OC(C)(C)C. The molecule has 0 aromatic heterocycles. The summed E-state index contributed by atoms with van der Waals surface area (Å²) in [6.07, 6.45) is 0.547. The van der Waals surface area contributed by atoms with E-state index in [-0.39, 0.29) is 30.2 Å². The Bertz CT molecular complexity index is 1460. The van der Waals surface area contributed by atoms with Gasteiger partial charge in [0.1, 0.15) is 23.5 Å². The molecule has 2 aromatic rings. The summed E-state index contributed by atoms with van der Waals surface area (Å²) in [5.74, 6) is 0.345. The van der Waals surface area contributed by atoms with Crippen LogP contribution >= 0.6 is 0 Å². The van der Waals surface area contributed by atoms with Gasteiger partial charge in [-0.2, -0.15) is 5.26 Å². The van der Waals surface area contributed by atoms with Crippen LogP contribution in [0, 0.1) is 40.8 Å². The Kier molecular flexibility index (Phi) is 6.13. The molecule has 8 nitrogen and oxygen atoms in total. The van der Waals surface area contributed by atoms with E-state index in [1.165, 1.54) is 6.07 Å². The number of carbonyl (C=O) groups is 3. The molecule has 0 spiro atoms. The molecule has 2 saturated carbocycles. The van der Waals surface area contributed by atoms with Crippen molar-refractivity contribution < 1.29 is 23.5 Å². The maximum Gasteiger partial charge on any atom is 0.411 e. The van der Waals surface area contributed by atoms with Crippen molar-refractivity contribution in [3.63, 3.8) is 0 Å². The fourth-order valence-corrected chi connectivity index (χ4v) is 7.24. The highest BCUT2D eigenvalue weighted by atomic mass is 19.1. The number of benzene rings is 2. The lowest BCUT2D eigenvalue weighted by molar-refractivity contribution is -0.128. The number of fused-ring (bicyclic) bond motifs is 6. The van der Waals surface area contributed by atoms with Crippen LogP contribution in [0.3, 0.4) is 0 Å². The normalized spacial score (nSPS) is 28.3. The van der Waals surface area contributed by atoms with Gasteiger partial charge in [-0.3, -0.25) is 14.5 Å². The minimum Gasteiger partial charge on any atom is -0.444 e. The fraction of sp³-hybridized carbons (Fsp3) is 0.484. The number of amides is 3. The zero-order valence-electron chi connectivity index (χ0n) is 23.0. The molecule has 1 saturated heterocycles. The Morgan fingerprint density at radius 3 is 2.62 bits per heavy atom. The molecule has 2 aliphatic heterocycles. The molecule has 3 unspecified atom stereocenters. The van der Waals surface area contributed by atoms with Crippen LogP contribution in [0.15, 0.2) is 36.4 Å². The van der Waals surface area contributed by atoms with Crippen molar-refractivity contribution in [3.8, 4) is 17.2 Å². The average molecular weight is 545 g/mol. The third-order valence-corrected chi connectivity index (χ3v) is 8.92. The standard InChI is InChI=1S/C31H33FN4O4/c1-15-26-21-13-24(27(15)26)36(30(39)40-31(2,3)4)28(21)29(38)34-20(14-33)10-18-6-5-17(11-22(18)32)16-7-8-23-19(9-16)12-25(37)35-23/h5-9,11,15,20-21,24,26-28H,10,12-13H2,1-4H3,(H,34,38)(H,35,37)/t15?,20-,21+,24-,26?,27?,28-/m0/s1. The van der Waals surface area contributed by atoms with Gasteiger partial charge in [-0.1, -0.05) is 25.1 Å². The summed E-state index contributed by atoms with van der Waals surface area (Å²) in [4.78, 5) is 40.0. The summed E-state index contributed by atoms with van der Waals surface area (Å²) in [5, 5.41) is 15.4. The number of likely N-dealkylation sites (tertiary alicyclic amines) is 1. The number of hydrogen-bond donors (Lipinski definition) is 2. The third kappa shape index (κ3) is 4.49. The summed E-state index contributed by atoms with van der Waals surface area (Å²) in [5.41, 5.74) is 2.70. The van der Waals surface area contributed by atoms with E-state index in [0.717, 1.165) is 23.2 Å². The number of anilines is 1. The van der Waals surface area contributed by atoms with E-state index in [1.54, 1.807) is 37.8 Å². The van der Waals surface area contributed by atoms with Gasteiger partial charge in [-0.25, -0.2) is 9.18 Å². The maximum atomic E-state index is 15.2. The fourth-order valence-electron chi connectivity index (χ4n) is 7.24. The summed E-state index contributed by atoms with van der Waals surface area (Å²) in [6.45, 7) is 7.55. The Morgan fingerprint density at radius 2 is 1.93 bits per heavy atom. The molecule has 3 fully saturated rings. The molecule has 2 heterocycles. The number of nitrogens with one attached hydrogen (secondary N) is 2. The molecule has 3 amide bonds. The van der Waals surface area contributed by atoms with Gasteiger partial charge in [-0.15, -0.1) is 0 Å². The van der Waals surface area contributed by atoms with Gasteiger partial charge in [0.05, 0.1) is 12.5 Å². The first-order valence-electron chi connectivity index (χ1n) is 13.9. The number of carbonyl (C=O) groups excluding carboxylic acids is 3. The van der Waals surface area contributed by atoms with Crippen LogP contribution in [0.1, 0.15) is 45.2 Å². The van der Waals surface area contributed by atoms with Crippen molar-refractivity contribution in [2.75, 3.05) is 5.32 Å². The molecule has 6 rings (SSSR count). The van der Waals surface area contributed by atoms with Crippen LogP contribution in [0.4, 0.5) is 14.9 Å². The third-order valence-electron chi connectivity index (χ3n) is 8.92. The van der Waals surface area contributed by atoms with E-state index in [0.29, 0.717) is 35.3 Å². The molecule has 4 aliphatic rings. The smallest absolute Gasteiger partial charge is 0.411 e. The summed E-state index contributed by atoms with van der Waals surface area (Å²) in [7, 11) is 0. The minimum atomic E-state index is -0.961. The van der Waals surface area contributed by atoms with Gasteiger partial charge in [-0.05, 0) is 91.3 Å². The van der Waals surface area contributed by atoms with Crippen molar-refractivity contribution in [2.45, 2.75) is 70.7 Å². The summed E-state index contributed by atoms with van der Waals surface area (Å²) >= 11 is 0. The van der Waals surface area contributed by atoms with E-state index in [4.69, 9.17) is 4.74 Å². The van der Waals surface area contributed by atoms with E-state index < -0.39 is 29.6 Å². The maximum absolute atomic E-state index is 15.2. The number of ether oxygens (including phenoxy) is 1. The summed E-state index contributed by atoms with van der Waals surface area (Å²) in [6, 6.07) is 10.7. The molecule has 2 aliphatic carbocycles. The lowest BCUT2D eigenvalue weighted by Crippen LogP contribution is -2.56. The Labute approximate surface area is 232 Å². The second-order valence-electron chi connectivity index (χ2n) is 12.6. The molecular weight excluding hydrogens is 511 g/mol. The Balaban J connectivity index is 1.16. The minimum absolute atomic E-state index is 0.00727. The number of nitrogens with zero attached hydrogens (tertiary/aromatic N) is 2. The molecule has 2 N–H and O–H groups in total. The Hall–Kier alpha value is -3.93. The number of piperidine rings is 1. The highest BCUT2D eigenvalue weighted by Crippen LogP contribution is 2.67. The van der Waals surface area contributed by atoms with Crippen molar-refractivity contribution in [2.24, 2.45) is 23.7 Å². The van der Waals surface area contributed by atoms with Crippen LogP contribution < -0.4 is 10.6 Å². The molecule has 0 radical (unpaired) electrons. The van der Waals surface area contributed by atoms with Crippen LogP contribution in [-0.4, -0.2) is 46.5 Å². The van der Waals surface area contributed by atoms with Crippen molar-refractivity contribution in [1.29, 1.82) is 5.26 Å². The highest BCUT2D eigenvalue weighted by molar-refractivity contribution is 5.99. The first kappa shape index (κ1) is 26.3. The molecule has 7 atom stereocenters. The molecule has 40 heavy (non-hydrogen) atoms. The zero-order valence-corrected chi connectivity index (χ0v) is 23.0. The van der Waals surface area contributed by atoms with E-state index in [1.807, 2.05) is 18.2 Å². The average Bonchev–Trinajstić information content (AvgIpc) is 3.20. The molecule has 208 valence electrons. The molecule has 2 bridgehead atoms. The van der Waals surface area contributed by atoms with Crippen LogP contribution in [0.5, 0.6) is 0 Å². The van der Waals surface area contributed by atoms with Crippen molar-refractivity contribution >= 4 is 23.6 Å². The van der Waals surface area contributed by atoms with Gasteiger partial charge in [0, 0.05) is 18.2 Å². The Morgan fingerprint density at radius 1 is 1.20 bits per heavy atom. The van der Waals surface area contributed by atoms with Crippen molar-refractivity contribution in [1.82, 2.24) is 10.2 Å². The van der Waals surface area contributed by atoms with Gasteiger partial charge in [0.25, 0.3) is 0 Å². The predicted octanol–water partition coefficient (Wildman–Crippen LogP) is 4.43. The van der Waals surface area contributed by atoms with E-state index >= 15 is 4.39 Å². The van der Waals surface area contributed by atoms with E-state index in [9.17, 15) is 19.6 Å². The van der Waals surface area contributed by atoms with Gasteiger partial charge < -0.3 is 15.4 Å². The van der Waals surface area contributed by atoms with Gasteiger partial charge in [0.15, 0.2) is 0 Å². The van der Waals surface area contributed by atoms with Crippen LogP contribution in [0.2, 0.25) is 0 Å². The van der Waals surface area contributed by atoms with Gasteiger partial charge in [0.2, 0.25) is 11.8 Å². The second-order valence-corrected chi connectivity index (χ2v) is 12.6. The first-order valence-corrected chi connectivity index (χ1v) is 13.9. The predicted molar refractivity (Wildman–Crippen MR) is 145 cm³/mol. The largest absolute Gasteiger partial charge is 0.444 e. The van der Waals surface area contributed by atoms with Crippen LogP contribution in [-0.2, 0) is 27.2 Å². The lowest BCUT2D eigenvalue weighted by atomic mass is 9.94. The molecule has 2 aromatic carbocycles. The zero-order chi connectivity index (χ0) is 28.5. The summed E-state index contributed by atoms with van der Waals surface area (Å²) < 4.78 is 20.8. The monoisotopic (exact) mass is 544 g/mol. The first-order chi connectivity index (χ1) is 18.9. The quantitative estimate of drug-likeness (QED) is 0.579. The highest BCUT2D eigenvalue weighted by Gasteiger charge is 2.71. The van der Waals surface area contributed by atoms with E-state index in [2.05, 4.69) is 23.6 Å².